The third-order valence-corrected chi connectivity index (χ3v) is 4.62. The van der Waals surface area contributed by atoms with Gasteiger partial charge in [-0.3, -0.25) is 0 Å². The van der Waals surface area contributed by atoms with Crippen LogP contribution >= 0.6 is 15.9 Å². The van der Waals surface area contributed by atoms with E-state index >= 15 is 0 Å². The summed E-state index contributed by atoms with van der Waals surface area (Å²) in [6.07, 6.45) is 1.92. The lowest BCUT2D eigenvalue weighted by Crippen LogP contribution is -2.30. The minimum atomic E-state index is -0.0949. The van der Waals surface area contributed by atoms with Gasteiger partial charge >= 0.3 is 0 Å². The topological polar surface area (TPSA) is 69.6 Å². The molecule has 0 aliphatic rings. The highest BCUT2D eigenvalue weighted by Crippen LogP contribution is 2.33. The zero-order chi connectivity index (χ0) is 14.9. The lowest BCUT2D eigenvalue weighted by molar-refractivity contribution is 0.262. The molecule has 0 aliphatic heterocycles. The van der Waals surface area contributed by atoms with Crippen molar-refractivity contribution < 1.29 is 0 Å². The Morgan fingerprint density at radius 3 is 2.55 bits per heavy atom. The first-order valence-corrected chi connectivity index (χ1v) is 7.57. The van der Waals surface area contributed by atoms with Gasteiger partial charge in [0.2, 0.25) is 0 Å². The predicted octanol–water partition coefficient (Wildman–Crippen LogP) is 3.53. The molecule has 1 aromatic carbocycles. The van der Waals surface area contributed by atoms with Gasteiger partial charge in [-0.15, -0.1) is 5.10 Å². The molecule has 0 aliphatic carbocycles. The molecule has 0 atom stereocenters. The number of hydrogen-bond acceptors (Lipinski definition) is 4. The van der Waals surface area contributed by atoms with Gasteiger partial charge in [0.1, 0.15) is 0 Å². The van der Waals surface area contributed by atoms with Gasteiger partial charge in [-0.25, -0.2) is 4.68 Å². The summed E-state index contributed by atoms with van der Waals surface area (Å²) in [7, 11) is 0. The van der Waals surface area contributed by atoms with Gasteiger partial charge in [0.05, 0.1) is 5.54 Å². The Kier molecular flexibility index (Phi) is 4.13. The van der Waals surface area contributed by atoms with E-state index in [0.29, 0.717) is 0 Å². The van der Waals surface area contributed by atoms with Crippen LogP contribution in [-0.4, -0.2) is 20.2 Å². The van der Waals surface area contributed by atoms with Crippen LogP contribution in [0.2, 0.25) is 0 Å². The maximum absolute atomic E-state index is 6.04. The lowest BCUT2D eigenvalue weighted by Gasteiger charge is -2.28. The highest BCUT2D eigenvalue weighted by atomic mass is 79.9. The zero-order valence-electron chi connectivity index (χ0n) is 12.3. The fourth-order valence-electron chi connectivity index (χ4n) is 2.20. The molecule has 2 N–H and O–H groups in total. The summed E-state index contributed by atoms with van der Waals surface area (Å²) < 4.78 is 2.85. The van der Waals surface area contributed by atoms with Gasteiger partial charge in [0.25, 0.3) is 0 Å². The number of nitrogen functional groups attached to an aromatic ring is 1. The molecule has 1 heterocycles. The number of tetrazole rings is 1. The first-order chi connectivity index (χ1) is 9.42. The Labute approximate surface area is 127 Å². The molecule has 0 bridgehead atoms. The molecule has 0 fully saturated rings. The van der Waals surface area contributed by atoms with Gasteiger partial charge in [-0.05, 0) is 54.8 Å². The Hall–Kier alpha value is -1.43. The monoisotopic (exact) mass is 337 g/mol. The van der Waals surface area contributed by atoms with Crippen LogP contribution in [0.4, 0.5) is 5.69 Å². The van der Waals surface area contributed by atoms with Crippen molar-refractivity contribution in [2.75, 3.05) is 5.73 Å². The molecule has 0 spiro atoms. The van der Waals surface area contributed by atoms with Crippen LogP contribution in [0.1, 0.15) is 39.2 Å². The Morgan fingerprint density at radius 2 is 1.95 bits per heavy atom. The number of rotatable bonds is 4. The number of nitrogens with two attached hydrogens (primary N) is 1. The number of hydrogen-bond donors (Lipinski definition) is 1. The van der Waals surface area contributed by atoms with Crippen molar-refractivity contribution in [3.8, 4) is 11.4 Å². The van der Waals surface area contributed by atoms with Crippen LogP contribution in [-0.2, 0) is 5.54 Å². The lowest BCUT2D eigenvalue weighted by atomic mass is 9.95. The van der Waals surface area contributed by atoms with E-state index < -0.39 is 0 Å². The van der Waals surface area contributed by atoms with E-state index in [-0.39, 0.29) is 5.54 Å². The molecule has 0 amide bonds. The molecule has 2 rings (SSSR count). The van der Waals surface area contributed by atoms with E-state index in [1.54, 1.807) is 0 Å². The second kappa shape index (κ2) is 5.52. The Morgan fingerprint density at radius 1 is 1.30 bits per heavy atom. The number of aromatic nitrogens is 4. The van der Waals surface area contributed by atoms with Gasteiger partial charge in [0.15, 0.2) is 5.82 Å². The summed E-state index contributed by atoms with van der Waals surface area (Å²) in [5.74, 6) is 0.765. The van der Waals surface area contributed by atoms with E-state index in [0.717, 1.165) is 40.0 Å². The van der Waals surface area contributed by atoms with Crippen molar-refractivity contribution in [3.63, 3.8) is 0 Å². The van der Waals surface area contributed by atoms with E-state index in [9.17, 15) is 0 Å². The average Bonchev–Trinajstić information content (AvgIpc) is 2.91. The number of anilines is 1. The summed E-state index contributed by atoms with van der Waals surface area (Å²) in [6.45, 7) is 8.46. The SMILES string of the molecule is CCC(C)(CC)n1nnnc1-c1cc(Br)cc(N)c1C. The van der Waals surface area contributed by atoms with Crippen molar-refractivity contribution in [2.45, 2.75) is 46.1 Å². The number of benzene rings is 1. The molecular weight excluding hydrogens is 318 g/mol. The van der Waals surface area contributed by atoms with Crippen molar-refractivity contribution in [2.24, 2.45) is 0 Å². The summed E-state index contributed by atoms with van der Waals surface area (Å²) >= 11 is 3.48. The van der Waals surface area contributed by atoms with E-state index in [2.05, 4.69) is 52.2 Å². The van der Waals surface area contributed by atoms with Gasteiger partial charge < -0.3 is 5.73 Å². The fourth-order valence-corrected chi connectivity index (χ4v) is 2.68. The van der Waals surface area contributed by atoms with Crippen molar-refractivity contribution in [1.82, 2.24) is 20.2 Å². The zero-order valence-corrected chi connectivity index (χ0v) is 13.9. The number of halogens is 1. The Bertz CT molecular complexity index is 616. The summed E-state index contributed by atoms with van der Waals surface area (Å²) in [6, 6.07) is 3.91. The maximum Gasteiger partial charge on any atom is 0.182 e. The van der Waals surface area contributed by atoms with Gasteiger partial charge in [-0.2, -0.15) is 0 Å². The minimum absolute atomic E-state index is 0.0949. The predicted molar refractivity (Wildman–Crippen MR) is 84.3 cm³/mol. The average molecular weight is 338 g/mol. The molecule has 108 valence electrons. The largest absolute Gasteiger partial charge is 0.398 e. The smallest absolute Gasteiger partial charge is 0.182 e. The van der Waals surface area contributed by atoms with Crippen molar-refractivity contribution in [1.29, 1.82) is 0 Å². The quantitative estimate of drug-likeness (QED) is 0.866. The molecule has 6 heteroatoms. The fraction of sp³-hybridized carbons (Fsp3) is 0.500. The van der Waals surface area contributed by atoms with Crippen LogP contribution in [0.25, 0.3) is 11.4 Å². The van der Waals surface area contributed by atoms with Gasteiger partial charge in [0, 0.05) is 15.7 Å². The highest BCUT2D eigenvalue weighted by Gasteiger charge is 2.28. The van der Waals surface area contributed by atoms with Crippen LogP contribution < -0.4 is 5.73 Å². The third kappa shape index (κ3) is 2.44. The molecule has 1 aromatic heterocycles. The van der Waals surface area contributed by atoms with Crippen LogP contribution in [0.3, 0.4) is 0 Å². The van der Waals surface area contributed by atoms with Crippen LogP contribution in [0.15, 0.2) is 16.6 Å². The van der Waals surface area contributed by atoms with E-state index in [1.165, 1.54) is 0 Å². The number of nitrogens with zero attached hydrogens (tertiary/aromatic N) is 4. The second-order valence-electron chi connectivity index (χ2n) is 5.29. The third-order valence-electron chi connectivity index (χ3n) is 4.16. The first-order valence-electron chi connectivity index (χ1n) is 6.77. The molecule has 0 saturated heterocycles. The van der Waals surface area contributed by atoms with E-state index in [4.69, 9.17) is 5.73 Å². The molecule has 0 saturated carbocycles. The second-order valence-corrected chi connectivity index (χ2v) is 6.20. The Balaban J connectivity index is 2.64. The summed E-state index contributed by atoms with van der Waals surface area (Å²) in [5, 5.41) is 12.3. The molecule has 2 aromatic rings. The van der Waals surface area contributed by atoms with Crippen LogP contribution in [0.5, 0.6) is 0 Å². The van der Waals surface area contributed by atoms with E-state index in [1.807, 2.05) is 23.7 Å². The molecule has 0 radical (unpaired) electrons. The molecule has 20 heavy (non-hydrogen) atoms. The van der Waals surface area contributed by atoms with Crippen molar-refractivity contribution in [3.05, 3.63) is 22.2 Å². The molecule has 5 nitrogen and oxygen atoms in total. The maximum atomic E-state index is 6.04. The van der Waals surface area contributed by atoms with Gasteiger partial charge in [-0.1, -0.05) is 29.8 Å². The minimum Gasteiger partial charge on any atom is -0.398 e. The summed E-state index contributed by atoms with van der Waals surface area (Å²) in [4.78, 5) is 0. The normalized spacial score (nSPS) is 11.8. The molecular formula is C14H20BrN5. The standard InChI is InChI=1S/C14H20BrN5/c1-5-14(4,6-2)20-13(17-18-19-20)11-7-10(15)8-12(16)9(11)3/h7-8H,5-6,16H2,1-4H3. The highest BCUT2D eigenvalue weighted by molar-refractivity contribution is 9.10. The molecule has 0 unspecified atom stereocenters. The van der Waals surface area contributed by atoms with Crippen LogP contribution in [0, 0.1) is 6.92 Å². The first kappa shape index (κ1) is 15.0. The van der Waals surface area contributed by atoms with Crippen molar-refractivity contribution >= 4 is 21.6 Å². The summed E-state index contributed by atoms with van der Waals surface area (Å²) in [5.41, 5.74) is 8.65.